The average molecular weight is 453 g/mol. The molecule has 0 aliphatic rings. The summed E-state index contributed by atoms with van der Waals surface area (Å²) >= 11 is 0. The second kappa shape index (κ2) is 10.9. The summed E-state index contributed by atoms with van der Waals surface area (Å²) in [5.41, 5.74) is 2.55. The molecule has 7 heteroatoms. The van der Waals surface area contributed by atoms with Crippen LogP contribution in [-0.4, -0.2) is 46.5 Å². The molecule has 0 saturated heterocycles. The Morgan fingerprint density at radius 2 is 2.00 bits per heavy atom. The van der Waals surface area contributed by atoms with Crippen molar-refractivity contribution >= 4 is 39.8 Å². The summed E-state index contributed by atoms with van der Waals surface area (Å²) in [5, 5.41) is 6.41. The average Bonchev–Trinajstić information content (AvgIpc) is 2.45. The maximum absolute atomic E-state index is 11.1. The van der Waals surface area contributed by atoms with Crippen LogP contribution in [-0.2, 0) is 9.84 Å². The first-order valence-electron chi connectivity index (χ1n) is 7.50. The molecule has 0 aromatic heterocycles. The molecule has 0 heterocycles. The zero-order chi connectivity index (χ0) is 16.6. The maximum atomic E-state index is 11.1. The molecule has 5 nitrogen and oxygen atoms in total. The Morgan fingerprint density at radius 3 is 2.57 bits per heavy atom. The van der Waals surface area contributed by atoms with Gasteiger partial charge < -0.3 is 10.6 Å². The molecule has 0 aliphatic carbocycles. The van der Waals surface area contributed by atoms with Gasteiger partial charge in [-0.15, -0.1) is 24.0 Å². The summed E-state index contributed by atoms with van der Waals surface area (Å²) in [5.74, 6) is 1.26. The number of nitrogens with zero attached hydrogens (tertiary/aromatic N) is 1. The molecule has 132 valence electrons. The van der Waals surface area contributed by atoms with Gasteiger partial charge in [-0.05, 0) is 24.8 Å². The predicted molar refractivity (Wildman–Crippen MR) is 109 cm³/mol. The molecule has 0 radical (unpaired) electrons. The first kappa shape index (κ1) is 22.2. The van der Waals surface area contributed by atoms with E-state index in [1.54, 1.807) is 7.05 Å². The Bertz CT molecular complexity index is 603. The van der Waals surface area contributed by atoms with E-state index in [4.69, 9.17) is 0 Å². The van der Waals surface area contributed by atoms with Gasteiger partial charge in [0, 0.05) is 26.4 Å². The highest BCUT2D eigenvalue weighted by molar-refractivity contribution is 14.0. The van der Waals surface area contributed by atoms with Gasteiger partial charge in [-0.2, -0.15) is 0 Å². The Labute approximate surface area is 157 Å². The third kappa shape index (κ3) is 9.80. The fourth-order valence-corrected chi connectivity index (χ4v) is 2.77. The van der Waals surface area contributed by atoms with Crippen LogP contribution in [0.15, 0.2) is 29.3 Å². The van der Waals surface area contributed by atoms with Crippen LogP contribution in [0.25, 0.3) is 0 Å². The lowest BCUT2D eigenvalue weighted by atomic mass is 9.99. The molecule has 1 atom stereocenters. The minimum absolute atomic E-state index is 0. The molecule has 0 bridgehead atoms. The van der Waals surface area contributed by atoms with Crippen LogP contribution in [0.1, 0.15) is 30.4 Å². The second-order valence-electron chi connectivity index (χ2n) is 5.68. The molecule has 2 N–H and O–H groups in total. The minimum Gasteiger partial charge on any atom is -0.356 e. The largest absolute Gasteiger partial charge is 0.356 e. The van der Waals surface area contributed by atoms with Crippen molar-refractivity contribution in [3.8, 4) is 0 Å². The molecule has 1 rings (SSSR count). The minimum atomic E-state index is -2.89. The van der Waals surface area contributed by atoms with Gasteiger partial charge in [0.05, 0.1) is 5.75 Å². The van der Waals surface area contributed by atoms with Crippen molar-refractivity contribution in [3.05, 3.63) is 35.4 Å². The molecular weight excluding hydrogens is 425 g/mol. The highest BCUT2D eigenvalue weighted by Crippen LogP contribution is 2.15. The van der Waals surface area contributed by atoms with Crippen LogP contribution in [0.4, 0.5) is 0 Å². The molecule has 0 aliphatic heterocycles. The number of hydrogen-bond acceptors (Lipinski definition) is 3. The fourth-order valence-electron chi connectivity index (χ4n) is 2.11. The van der Waals surface area contributed by atoms with E-state index in [1.165, 1.54) is 17.4 Å². The van der Waals surface area contributed by atoms with Crippen molar-refractivity contribution in [2.45, 2.75) is 26.2 Å². The van der Waals surface area contributed by atoms with Gasteiger partial charge in [0.2, 0.25) is 0 Å². The van der Waals surface area contributed by atoms with Crippen molar-refractivity contribution in [2.24, 2.45) is 4.99 Å². The van der Waals surface area contributed by atoms with Crippen molar-refractivity contribution in [3.63, 3.8) is 0 Å². The predicted octanol–water partition coefficient (Wildman–Crippen LogP) is 2.32. The van der Waals surface area contributed by atoms with Crippen molar-refractivity contribution in [2.75, 3.05) is 32.1 Å². The Balaban J connectivity index is 0.00000484. The monoisotopic (exact) mass is 453 g/mol. The molecule has 0 saturated carbocycles. The van der Waals surface area contributed by atoms with E-state index in [-0.39, 0.29) is 29.7 Å². The van der Waals surface area contributed by atoms with E-state index in [9.17, 15) is 8.42 Å². The van der Waals surface area contributed by atoms with Crippen LogP contribution in [0.5, 0.6) is 0 Å². The summed E-state index contributed by atoms with van der Waals surface area (Å²) in [6.45, 7) is 5.62. The number of benzene rings is 1. The van der Waals surface area contributed by atoms with Gasteiger partial charge in [0.1, 0.15) is 9.84 Å². The number of halogens is 1. The zero-order valence-corrected chi connectivity index (χ0v) is 17.4. The van der Waals surface area contributed by atoms with Gasteiger partial charge in [-0.3, -0.25) is 4.99 Å². The van der Waals surface area contributed by atoms with Gasteiger partial charge in [0.25, 0.3) is 0 Å². The number of nitrogens with one attached hydrogen (secondary N) is 2. The van der Waals surface area contributed by atoms with E-state index >= 15 is 0 Å². The fraction of sp³-hybridized carbons (Fsp3) is 0.562. The van der Waals surface area contributed by atoms with Gasteiger partial charge in [0.15, 0.2) is 5.96 Å². The van der Waals surface area contributed by atoms with Gasteiger partial charge >= 0.3 is 0 Å². The lowest BCUT2D eigenvalue weighted by Gasteiger charge is -2.16. The lowest BCUT2D eigenvalue weighted by Crippen LogP contribution is -2.39. The Kier molecular flexibility index (Phi) is 10.5. The molecule has 0 fully saturated rings. The molecule has 23 heavy (non-hydrogen) atoms. The number of aliphatic imine (C=N–C) groups is 1. The van der Waals surface area contributed by atoms with Crippen LogP contribution in [0.3, 0.4) is 0 Å². The molecule has 0 spiro atoms. The number of sulfone groups is 1. The van der Waals surface area contributed by atoms with Gasteiger partial charge in [-0.25, -0.2) is 8.42 Å². The second-order valence-corrected chi connectivity index (χ2v) is 7.94. The summed E-state index contributed by atoms with van der Waals surface area (Å²) in [4.78, 5) is 4.15. The van der Waals surface area contributed by atoms with E-state index < -0.39 is 9.84 Å². The van der Waals surface area contributed by atoms with Crippen molar-refractivity contribution in [1.29, 1.82) is 0 Å². The van der Waals surface area contributed by atoms with E-state index in [0.717, 1.165) is 6.54 Å². The van der Waals surface area contributed by atoms with Crippen LogP contribution in [0, 0.1) is 6.92 Å². The molecular formula is C16H28IN3O2S. The van der Waals surface area contributed by atoms with E-state index in [0.29, 0.717) is 24.8 Å². The molecule has 1 unspecified atom stereocenters. The van der Waals surface area contributed by atoms with Crippen LogP contribution < -0.4 is 10.6 Å². The summed E-state index contributed by atoms with van der Waals surface area (Å²) in [6.07, 6.45) is 1.83. The van der Waals surface area contributed by atoms with E-state index in [2.05, 4.69) is 53.7 Å². The quantitative estimate of drug-likeness (QED) is 0.288. The summed E-state index contributed by atoms with van der Waals surface area (Å²) in [6, 6.07) is 8.47. The zero-order valence-electron chi connectivity index (χ0n) is 14.3. The van der Waals surface area contributed by atoms with Crippen LogP contribution >= 0.6 is 24.0 Å². The van der Waals surface area contributed by atoms with E-state index in [1.807, 2.05) is 0 Å². The smallest absolute Gasteiger partial charge is 0.190 e. The van der Waals surface area contributed by atoms with Crippen molar-refractivity contribution < 1.29 is 8.42 Å². The number of rotatable bonds is 7. The maximum Gasteiger partial charge on any atom is 0.190 e. The number of hydrogen-bond donors (Lipinski definition) is 2. The van der Waals surface area contributed by atoms with Crippen LogP contribution in [0.2, 0.25) is 0 Å². The third-order valence-electron chi connectivity index (χ3n) is 3.39. The summed E-state index contributed by atoms with van der Waals surface area (Å²) < 4.78 is 22.1. The summed E-state index contributed by atoms with van der Waals surface area (Å²) in [7, 11) is -1.18. The standard InChI is InChI=1S/C16H27N3O2S.HI/c1-13-7-5-8-15(11-13)14(2)12-19-16(17-3)18-9-6-10-22(4,20)21;/h5,7-8,11,14H,6,9-10,12H2,1-4H3,(H2,17,18,19);1H. The van der Waals surface area contributed by atoms with Crippen molar-refractivity contribution in [1.82, 2.24) is 10.6 Å². The molecule has 0 amide bonds. The normalized spacial score (nSPS) is 13.1. The Hall–Kier alpha value is -0.830. The number of guanidine groups is 1. The first-order valence-corrected chi connectivity index (χ1v) is 9.56. The number of aryl methyl sites for hydroxylation is 1. The topological polar surface area (TPSA) is 70.6 Å². The lowest BCUT2D eigenvalue weighted by molar-refractivity contribution is 0.598. The molecule has 1 aromatic carbocycles. The third-order valence-corrected chi connectivity index (χ3v) is 4.43. The Morgan fingerprint density at radius 1 is 1.30 bits per heavy atom. The highest BCUT2D eigenvalue weighted by Gasteiger charge is 2.07. The molecule has 1 aromatic rings. The highest BCUT2D eigenvalue weighted by atomic mass is 127. The SMILES string of the molecule is CN=C(NCCCS(C)(=O)=O)NCC(C)c1cccc(C)c1.I. The van der Waals surface area contributed by atoms with Gasteiger partial charge in [-0.1, -0.05) is 36.8 Å². The first-order chi connectivity index (χ1) is 10.3.